The van der Waals surface area contributed by atoms with E-state index in [0.717, 1.165) is 11.3 Å². The number of carbonyl (C=O) groups excluding carboxylic acids is 1. The molecular formula is C20H18N4O4. The van der Waals surface area contributed by atoms with Crippen molar-refractivity contribution >= 4 is 23.5 Å². The maximum absolute atomic E-state index is 11.9. The standard InChI is InChI=1S/C20H18N4O4/c1-14-6-2-4-8-17(14)21-13-20(25)23-22-12-15-10-11-19(28-15)16-7-3-5-9-18(16)24(26)27/h2-12,21H,13H2,1H3,(H,23,25)/b22-12-. The average Bonchev–Trinajstić information content (AvgIpc) is 3.16. The Labute approximate surface area is 161 Å². The van der Waals surface area contributed by atoms with Gasteiger partial charge in [-0.1, -0.05) is 30.3 Å². The number of nitrogens with one attached hydrogen (secondary N) is 2. The summed E-state index contributed by atoms with van der Waals surface area (Å²) in [6, 6.07) is 17.2. The number of nitro benzene ring substituents is 1. The fourth-order valence-corrected chi connectivity index (χ4v) is 2.56. The van der Waals surface area contributed by atoms with Crippen molar-refractivity contribution in [2.45, 2.75) is 6.92 Å². The van der Waals surface area contributed by atoms with Crippen molar-refractivity contribution in [1.82, 2.24) is 5.43 Å². The van der Waals surface area contributed by atoms with E-state index in [4.69, 9.17) is 4.42 Å². The first-order chi connectivity index (χ1) is 13.5. The van der Waals surface area contributed by atoms with Gasteiger partial charge in [-0.05, 0) is 36.8 Å². The Kier molecular flexibility index (Phi) is 5.81. The second-order valence-corrected chi connectivity index (χ2v) is 5.94. The number of amides is 1. The molecule has 3 aromatic rings. The Morgan fingerprint density at radius 2 is 1.89 bits per heavy atom. The van der Waals surface area contributed by atoms with Gasteiger partial charge in [-0.2, -0.15) is 5.10 Å². The molecule has 0 aliphatic heterocycles. The van der Waals surface area contributed by atoms with Gasteiger partial charge in [0.1, 0.15) is 11.5 Å². The monoisotopic (exact) mass is 378 g/mol. The van der Waals surface area contributed by atoms with Gasteiger partial charge < -0.3 is 9.73 Å². The molecule has 0 atom stereocenters. The van der Waals surface area contributed by atoms with E-state index in [0.29, 0.717) is 17.1 Å². The summed E-state index contributed by atoms with van der Waals surface area (Å²) in [6.45, 7) is 2.02. The van der Waals surface area contributed by atoms with Gasteiger partial charge >= 0.3 is 0 Å². The SMILES string of the molecule is Cc1ccccc1NCC(=O)N/N=C\c1ccc(-c2ccccc2[N+](=O)[O-])o1. The summed E-state index contributed by atoms with van der Waals surface area (Å²) in [6.07, 6.45) is 1.34. The molecule has 1 heterocycles. The first kappa shape index (κ1) is 18.8. The second kappa shape index (κ2) is 8.63. The van der Waals surface area contributed by atoms with Crippen molar-refractivity contribution in [3.8, 4) is 11.3 Å². The van der Waals surface area contributed by atoms with E-state index in [1.807, 2.05) is 31.2 Å². The van der Waals surface area contributed by atoms with Gasteiger partial charge in [0.05, 0.1) is 23.2 Å². The summed E-state index contributed by atoms with van der Waals surface area (Å²) in [5.41, 5.74) is 4.64. The highest BCUT2D eigenvalue weighted by Gasteiger charge is 2.16. The summed E-state index contributed by atoms with van der Waals surface area (Å²) >= 11 is 0. The average molecular weight is 378 g/mol. The summed E-state index contributed by atoms with van der Waals surface area (Å²) in [4.78, 5) is 22.5. The highest BCUT2D eigenvalue weighted by atomic mass is 16.6. The topological polar surface area (TPSA) is 110 Å². The molecule has 28 heavy (non-hydrogen) atoms. The van der Waals surface area contributed by atoms with E-state index in [-0.39, 0.29) is 18.1 Å². The highest BCUT2D eigenvalue weighted by molar-refractivity contribution is 5.83. The van der Waals surface area contributed by atoms with Crippen LogP contribution in [0, 0.1) is 17.0 Å². The normalized spacial score (nSPS) is 10.8. The number of hydrazone groups is 1. The summed E-state index contributed by atoms with van der Waals surface area (Å²) in [7, 11) is 0. The van der Waals surface area contributed by atoms with Crippen LogP contribution in [0.1, 0.15) is 11.3 Å². The Bertz CT molecular complexity index is 1030. The number of nitrogens with zero attached hydrogens (tertiary/aromatic N) is 2. The van der Waals surface area contributed by atoms with Gasteiger partial charge in [-0.25, -0.2) is 5.43 Å². The minimum Gasteiger partial charge on any atom is -0.455 e. The molecule has 0 bridgehead atoms. The zero-order valence-electron chi connectivity index (χ0n) is 15.1. The van der Waals surface area contributed by atoms with Crippen LogP contribution in [0.15, 0.2) is 70.2 Å². The van der Waals surface area contributed by atoms with Gasteiger partial charge in [-0.15, -0.1) is 0 Å². The first-order valence-corrected chi connectivity index (χ1v) is 8.49. The van der Waals surface area contributed by atoms with Crippen LogP contribution in [0.5, 0.6) is 0 Å². The molecule has 2 aromatic carbocycles. The molecule has 8 heteroatoms. The number of carbonyl (C=O) groups is 1. The zero-order valence-corrected chi connectivity index (χ0v) is 15.1. The lowest BCUT2D eigenvalue weighted by Crippen LogP contribution is -2.26. The maximum Gasteiger partial charge on any atom is 0.280 e. The minimum absolute atomic E-state index is 0.0454. The van der Waals surface area contributed by atoms with Crippen LogP contribution in [0.4, 0.5) is 11.4 Å². The molecular weight excluding hydrogens is 360 g/mol. The number of hydrogen-bond donors (Lipinski definition) is 2. The first-order valence-electron chi connectivity index (χ1n) is 8.49. The van der Waals surface area contributed by atoms with Crippen LogP contribution in [0.25, 0.3) is 11.3 Å². The fourth-order valence-electron chi connectivity index (χ4n) is 2.56. The Morgan fingerprint density at radius 3 is 2.68 bits per heavy atom. The number of nitro groups is 1. The predicted molar refractivity (Wildman–Crippen MR) is 106 cm³/mol. The van der Waals surface area contributed by atoms with Crippen LogP contribution in [0.2, 0.25) is 0 Å². The minimum atomic E-state index is -0.465. The molecule has 142 valence electrons. The van der Waals surface area contributed by atoms with E-state index in [2.05, 4.69) is 15.8 Å². The van der Waals surface area contributed by atoms with E-state index in [1.54, 1.807) is 30.3 Å². The Hall–Kier alpha value is -3.94. The smallest absolute Gasteiger partial charge is 0.280 e. The van der Waals surface area contributed by atoms with Crippen molar-refractivity contribution < 1.29 is 14.1 Å². The largest absolute Gasteiger partial charge is 0.455 e. The zero-order chi connectivity index (χ0) is 19.9. The summed E-state index contributed by atoms with van der Waals surface area (Å²) in [5.74, 6) is 0.395. The van der Waals surface area contributed by atoms with Crippen molar-refractivity contribution in [3.05, 3.63) is 82.1 Å². The number of aryl methyl sites for hydroxylation is 1. The Balaban J connectivity index is 1.58. The van der Waals surface area contributed by atoms with E-state index >= 15 is 0 Å². The number of furan rings is 1. The molecule has 0 saturated carbocycles. The van der Waals surface area contributed by atoms with E-state index < -0.39 is 4.92 Å². The maximum atomic E-state index is 11.9. The van der Waals surface area contributed by atoms with Crippen molar-refractivity contribution in [1.29, 1.82) is 0 Å². The molecule has 8 nitrogen and oxygen atoms in total. The molecule has 0 spiro atoms. The quantitative estimate of drug-likeness (QED) is 0.370. The molecule has 0 aliphatic carbocycles. The lowest BCUT2D eigenvalue weighted by atomic mass is 10.1. The lowest BCUT2D eigenvalue weighted by molar-refractivity contribution is -0.384. The number of benzene rings is 2. The second-order valence-electron chi connectivity index (χ2n) is 5.94. The van der Waals surface area contributed by atoms with Gasteiger partial charge in [0, 0.05) is 11.8 Å². The van der Waals surface area contributed by atoms with Crippen LogP contribution < -0.4 is 10.7 Å². The van der Waals surface area contributed by atoms with Crippen LogP contribution in [-0.4, -0.2) is 23.6 Å². The Morgan fingerprint density at radius 1 is 1.14 bits per heavy atom. The van der Waals surface area contributed by atoms with Gasteiger partial charge in [0.25, 0.3) is 11.6 Å². The van der Waals surface area contributed by atoms with Crippen molar-refractivity contribution in [2.75, 3.05) is 11.9 Å². The number of rotatable bonds is 7. The molecule has 0 fully saturated rings. The highest BCUT2D eigenvalue weighted by Crippen LogP contribution is 2.30. The summed E-state index contributed by atoms with van der Waals surface area (Å²) < 4.78 is 5.57. The number of para-hydroxylation sites is 2. The van der Waals surface area contributed by atoms with Crippen molar-refractivity contribution in [2.24, 2.45) is 5.10 Å². The number of anilines is 1. The molecule has 3 rings (SSSR count). The van der Waals surface area contributed by atoms with Crippen molar-refractivity contribution in [3.63, 3.8) is 0 Å². The molecule has 1 aromatic heterocycles. The van der Waals surface area contributed by atoms with Crippen LogP contribution in [-0.2, 0) is 4.79 Å². The van der Waals surface area contributed by atoms with Crippen LogP contribution in [0.3, 0.4) is 0 Å². The molecule has 0 saturated heterocycles. The predicted octanol–water partition coefficient (Wildman–Crippen LogP) is 3.73. The summed E-state index contributed by atoms with van der Waals surface area (Å²) in [5, 5.41) is 18.0. The van der Waals surface area contributed by atoms with Gasteiger partial charge in [-0.3, -0.25) is 14.9 Å². The van der Waals surface area contributed by atoms with Gasteiger partial charge in [0.15, 0.2) is 0 Å². The molecule has 0 aliphatic rings. The van der Waals surface area contributed by atoms with E-state index in [9.17, 15) is 14.9 Å². The fraction of sp³-hybridized carbons (Fsp3) is 0.100. The molecule has 2 N–H and O–H groups in total. The molecule has 0 unspecified atom stereocenters. The third-order valence-electron chi connectivity index (χ3n) is 3.96. The third-order valence-corrected chi connectivity index (χ3v) is 3.96. The van der Waals surface area contributed by atoms with Crippen LogP contribution >= 0.6 is 0 Å². The lowest BCUT2D eigenvalue weighted by Gasteiger charge is -2.07. The third kappa shape index (κ3) is 4.61. The number of hydrogen-bond acceptors (Lipinski definition) is 6. The van der Waals surface area contributed by atoms with E-state index in [1.165, 1.54) is 12.3 Å². The molecule has 1 amide bonds. The van der Waals surface area contributed by atoms with Gasteiger partial charge in [0.2, 0.25) is 0 Å². The molecule has 0 radical (unpaired) electrons.